The predicted octanol–water partition coefficient (Wildman–Crippen LogP) is 3.56. The lowest BCUT2D eigenvalue weighted by Gasteiger charge is -2.32. The summed E-state index contributed by atoms with van der Waals surface area (Å²) in [5.74, 6) is -0.628. The average Bonchev–Trinajstić information content (AvgIpc) is 2.76. The highest BCUT2D eigenvalue weighted by molar-refractivity contribution is 7.92. The fraction of sp³-hybridized carbons (Fsp3) is 0.462. The maximum Gasteiger partial charge on any atom is 0.244 e. The number of nitrogens with one attached hydrogen (secondary N) is 1. The molecule has 0 bridgehead atoms. The van der Waals surface area contributed by atoms with Gasteiger partial charge in [0.25, 0.3) is 0 Å². The first-order valence-corrected chi connectivity index (χ1v) is 13.5. The Balaban J connectivity index is 2.38. The predicted molar refractivity (Wildman–Crippen MR) is 137 cm³/mol. The molecule has 0 radical (unpaired) electrons. The molecular formula is C26H37N3O4S. The minimum atomic E-state index is -3.75. The molecule has 8 heteroatoms. The number of para-hydroxylation sites is 1. The Hall–Kier alpha value is -2.87. The van der Waals surface area contributed by atoms with Gasteiger partial charge in [-0.05, 0) is 50.3 Å². The van der Waals surface area contributed by atoms with Gasteiger partial charge in [-0.15, -0.1) is 0 Å². The van der Waals surface area contributed by atoms with Crippen LogP contribution in [-0.2, 0) is 26.0 Å². The average molecular weight is 488 g/mol. The fourth-order valence-electron chi connectivity index (χ4n) is 3.77. The summed E-state index contributed by atoms with van der Waals surface area (Å²) in [6, 6.07) is 16.1. The highest BCUT2D eigenvalue weighted by Gasteiger charge is 2.30. The molecule has 0 aliphatic carbocycles. The van der Waals surface area contributed by atoms with E-state index in [0.29, 0.717) is 18.7 Å². The minimum absolute atomic E-state index is 0.0699. The second-order valence-electron chi connectivity index (χ2n) is 9.15. The smallest absolute Gasteiger partial charge is 0.244 e. The van der Waals surface area contributed by atoms with Crippen molar-refractivity contribution in [2.45, 2.75) is 59.0 Å². The summed E-state index contributed by atoms with van der Waals surface area (Å²) in [6.45, 7) is 9.25. The van der Waals surface area contributed by atoms with Crippen molar-refractivity contribution in [1.29, 1.82) is 0 Å². The van der Waals surface area contributed by atoms with Gasteiger partial charge in [-0.3, -0.25) is 13.9 Å². The zero-order valence-corrected chi connectivity index (χ0v) is 21.8. The van der Waals surface area contributed by atoms with E-state index in [2.05, 4.69) is 5.32 Å². The summed E-state index contributed by atoms with van der Waals surface area (Å²) in [5, 5.41) is 2.85. The first-order valence-electron chi connectivity index (χ1n) is 11.6. The largest absolute Gasteiger partial charge is 0.352 e. The molecule has 1 atom stereocenters. The van der Waals surface area contributed by atoms with Crippen LogP contribution in [-0.4, -0.2) is 56.6 Å². The maximum absolute atomic E-state index is 13.5. The highest BCUT2D eigenvalue weighted by Crippen LogP contribution is 2.29. The molecule has 0 aromatic heterocycles. The summed E-state index contributed by atoms with van der Waals surface area (Å²) in [5.41, 5.74) is 2.35. The second-order valence-corrected chi connectivity index (χ2v) is 11.1. The monoisotopic (exact) mass is 487 g/mol. The number of nitrogens with zero attached hydrogens (tertiary/aromatic N) is 2. The van der Waals surface area contributed by atoms with Crippen LogP contribution in [0.25, 0.3) is 0 Å². The number of benzene rings is 2. The second kappa shape index (κ2) is 12.0. The summed E-state index contributed by atoms with van der Waals surface area (Å²) >= 11 is 0. The van der Waals surface area contributed by atoms with E-state index < -0.39 is 22.0 Å². The number of carbonyl (C=O) groups excluding carboxylic acids is 2. The van der Waals surface area contributed by atoms with E-state index >= 15 is 0 Å². The van der Waals surface area contributed by atoms with Crippen molar-refractivity contribution in [2.75, 3.05) is 23.7 Å². The molecule has 0 heterocycles. The van der Waals surface area contributed by atoms with Crippen molar-refractivity contribution in [3.8, 4) is 0 Å². The van der Waals surface area contributed by atoms with Crippen molar-refractivity contribution in [2.24, 2.45) is 0 Å². The molecule has 0 saturated heterocycles. The molecule has 0 aliphatic heterocycles. The van der Waals surface area contributed by atoms with Crippen molar-refractivity contribution in [3.63, 3.8) is 0 Å². The van der Waals surface area contributed by atoms with Gasteiger partial charge < -0.3 is 10.2 Å². The number of hydrogen-bond donors (Lipinski definition) is 1. The molecule has 34 heavy (non-hydrogen) atoms. The normalized spacial score (nSPS) is 12.5. The minimum Gasteiger partial charge on any atom is -0.352 e. The van der Waals surface area contributed by atoms with Gasteiger partial charge >= 0.3 is 0 Å². The molecular weight excluding hydrogens is 450 g/mol. The van der Waals surface area contributed by atoms with Crippen molar-refractivity contribution < 1.29 is 18.0 Å². The topological polar surface area (TPSA) is 86.8 Å². The third-order valence-corrected chi connectivity index (χ3v) is 6.72. The summed E-state index contributed by atoms with van der Waals surface area (Å²) in [7, 11) is -3.75. The van der Waals surface area contributed by atoms with Crippen LogP contribution in [0.5, 0.6) is 0 Å². The van der Waals surface area contributed by atoms with Crippen LogP contribution < -0.4 is 9.62 Å². The molecule has 1 N–H and O–H groups in total. The van der Waals surface area contributed by atoms with E-state index in [9.17, 15) is 18.0 Å². The molecule has 2 amide bonds. The third-order valence-electron chi connectivity index (χ3n) is 5.59. The van der Waals surface area contributed by atoms with Crippen LogP contribution >= 0.6 is 0 Å². The lowest BCUT2D eigenvalue weighted by Crippen LogP contribution is -2.53. The highest BCUT2D eigenvalue weighted by atomic mass is 32.2. The Labute approximate surface area is 204 Å². The fourth-order valence-corrected chi connectivity index (χ4v) is 4.64. The summed E-state index contributed by atoms with van der Waals surface area (Å²) in [6.07, 6.45) is 1.65. The summed E-state index contributed by atoms with van der Waals surface area (Å²) in [4.78, 5) is 27.8. The van der Waals surface area contributed by atoms with Gasteiger partial charge in [0, 0.05) is 12.6 Å². The van der Waals surface area contributed by atoms with Crippen molar-refractivity contribution >= 4 is 27.5 Å². The van der Waals surface area contributed by atoms with E-state index in [4.69, 9.17) is 0 Å². The molecule has 7 nitrogen and oxygen atoms in total. The zero-order chi connectivity index (χ0) is 25.5. The van der Waals surface area contributed by atoms with Gasteiger partial charge in [-0.2, -0.15) is 0 Å². The SMILES string of the molecule is CC(C)NC(=O)[C@H](C)N(CCc1ccccc1)C(=O)CN(c1ccccc1C(C)C)S(C)(=O)=O. The van der Waals surface area contributed by atoms with Crippen LogP contribution in [0.15, 0.2) is 54.6 Å². The summed E-state index contributed by atoms with van der Waals surface area (Å²) < 4.78 is 26.7. The molecule has 0 aliphatic rings. The molecule has 2 rings (SSSR count). The van der Waals surface area contributed by atoms with Crippen molar-refractivity contribution in [1.82, 2.24) is 10.2 Å². The number of hydrogen-bond acceptors (Lipinski definition) is 4. The van der Waals surface area contributed by atoms with E-state index in [-0.39, 0.29) is 24.4 Å². The number of anilines is 1. The van der Waals surface area contributed by atoms with Gasteiger partial charge in [0.2, 0.25) is 21.8 Å². The van der Waals surface area contributed by atoms with Crippen LogP contribution in [0.4, 0.5) is 5.69 Å². The molecule has 2 aromatic carbocycles. The van der Waals surface area contributed by atoms with Crippen LogP contribution in [0.2, 0.25) is 0 Å². The molecule has 0 spiro atoms. The Morgan fingerprint density at radius 1 is 0.912 bits per heavy atom. The Morgan fingerprint density at radius 3 is 2.06 bits per heavy atom. The van der Waals surface area contributed by atoms with E-state index in [1.165, 1.54) is 4.90 Å². The lowest BCUT2D eigenvalue weighted by atomic mass is 10.0. The number of rotatable bonds is 11. The van der Waals surface area contributed by atoms with Gasteiger partial charge in [-0.25, -0.2) is 8.42 Å². The van der Waals surface area contributed by atoms with Gasteiger partial charge in [-0.1, -0.05) is 62.4 Å². The molecule has 186 valence electrons. The Morgan fingerprint density at radius 2 is 1.50 bits per heavy atom. The standard InChI is InChI=1S/C26H37N3O4S/c1-19(2)23-14-10-11-15-24(23)29(34(6,32)33)18-25(30)28(21(5)26(31)27-20(3)4)17-16-22-12-8-7-9-13-22/h7-15,19-21H,16-18H2,1-6H3,(H,27,31)/t21-/m0/s1. The van der Waals surface area contributed by atoms with Crippen molar-refractivity contribution in [3.05, 3.63) is 65.7 Å². The number of sulfonamides is 1. The molecule has 2 aromatic rings. The van der Waals surface area contributed by atoms with E-state index in [1.807, 2.05) is 70.2 Å². The third kappa shape index (κ3) is 7.58. The zero-order valence-electron chi connectivity index (χ0n) is 21.0. The Kier molecular flexibility index (Phi) is 9.67. The van der Waals surface area contributed by atoms with Gasteiger partial charge in [0.05, 0.1) is 11.9 Å². The van der Waals surface area contributed by atoms with Crippen LogP contribution in [0, 0.1) is 0 Å². The first-order chi connectivity index (χ1) is 15.9. The quantitative estimate of drug-likeness (QED) is 0.525. The molecule has 0 fully saturated rings. The van der Waals surface area contributed by atoms with Crippen LogP contribution in [0.3, 0.4) is 0 Å². The molecule has 0 saturated carbocycles. The van der Waals surface area contributed by atoms with Crippen LogP contribution in [0.1, 0.15) is 51.7 Å². The lowest BCUT2D eigenvalue weighted by molar-refractivity contribution is -0.139. The molecule has 0 unspecified atom stereocenters. The maximum atomic E-state index is 13.5. The first kappa shape index (κ1) is 27.4. The van der Waals surface area contributed by atoms with E-state index in [1.54, 1.807) is 19.1 Å². The number of carbonyl (C=O) groups is 2. The van der Waals surface area contributed by atoms with Gasteiger partial charge in [0.15, 0.2) is 0 Å². The van der Waals surface area contributed by atoms with Gasteiger partial charge in [0.1, 0.15) is 12.6 Å². The van der Waals surface area contributed by atoms with E-state index in [0.717, 1.165) is 21.7 Å². The number of amides is 2. The Bertz CT molecular complexity index is 1070.